The van der Waals surface area contributed by atoms with Gasteiger partial charge < -0.3 is 5.73 Å². The van der Waals surface area contributed by atoms with Gasteiger partial charge >= 0.3 is 10.2 Å². The zero-order chi connectivity index (χ0) is 15.6. The number of hydrogen-bond donors (Lipinski definition) is 2. The van der Waals surface area contributed by atoms with Crippen molar-refractivity contribution < 1.29 is 8.42 Å². The van der Waals surface area contributed by atoms with E-state index in [0.717, 1.165) is 17.3 Å². The number of anilines is 1. The molecule has 9 heteroatoms. The molecule has 0 atom stereocenters. The summed E-state index contributed by atoms with van der Waals surface area (Å²) in [5, 5.41) is 0. The first-order valence-electron chi connectivity index (χ1n) is 6.46. The SMILES string of the molecule is NCC1CCN(S(=O)(=O)Nc2c(Br)cc(Br)cc2Br)CC1. The molecule has 0 saturated carbocycles. The molecule has 1 heterocycles. The van der Waals surface area contributed by atoms with Crippen molar-refractivity contribution >= 4 is 63.7 Å². The Morgan fingerprint density at radius 1 is 1.19 bits per heavy atom. The molecule has 118 valence electrons. The topological polar surface area (TPSA) is 75.4 Å². The quantitative estimate of drug-likeness (QED) is 0.659. The molecule has 0 unspecified atom stereocenters. The maximum absolute atomic E-state index is 12.5. The van der Waals surface area contributed by atoms with Gasteiger partial charge in [0.05, 0.1) is 5.69 Å². The molecule has 1 fully saturated rings. The fourth-order valence-electron chi connectivity index (χ4n) is 2.22. The van der Waals surface area contributed by atoms with Crippen molar-refractivity contribution in [1.82, 2.24) is 4.31 Å². The molecule has 1 saturated heterocycles. The van der Waals surface area contributed by atoms with E-state index < -0.39 is 10.2 Å². The van der Waals surface area contributed by atoms with Crippen molar-refractivity contribution in [3.63, 3.8) is 0 Å². The normalized spacial score (nSPS) is 17.9. The Hall–Kier alpha value is 0.330. The van der Waals surface area contributed by atoms with Gasteiger partial charge in [0.25, 0.3) is 0 Å². The number of rotatable bonds is 4. The average molecular weight is 506 g/mol. The van der Waals surface area contributed by atoms with Crippen LogP contribution in [0, 0.1) is 5.92 Å². The Kier molecular flexibility index (Phi) is 6.12. The highest BCUT2D eigenvalue weighted by molar-refractivity contribution is 9.11. The second-order valence-electron chi connectivity index (χ2n) is 4.93. The van der Waals surface area contributed by atoms with Crippen LogP contribution < -0.4 is 10.5 Å². The van der Waals surface area contributed by atoms with Gasteiger partial charge in [0.15, 0.2) is 0 Å². The molecule has 1 aliphatic heterocycles. The third-order valence-corrected chi connectivity index (χ3v) is 6.70. The Balaban J connectivity index is 2.15. The summed E-state index contributed by atoms with van der Waals surface area (Å²) in [4.78, 5) is 0. The van der Waals surface area contributed by atoms with Crippen LogP contribution in [-0.2, 0) is 10.2 Å². The molecule has 3 N–H and O–H groups in total. The van der Waals surface area contributed by atoms with Gasteiger partial charge in [-0.2, -0.15) is 12.7 Å². The first kappa shape index (κ1) is 17.7. The molecule has 0 aliphatic carbocycles. The molecule has 0 radical (unpaired) electrons. The smallest absolute Gasteiger partial charge is 0.301 e. The van der Waals surface area contributed by atoms with Crippen LogP contribution >= 0.6 is 47.8 Å². The lowest BCUT2D eigenvalue weighted by Gasteiger charge is -2.30. The van der Waals surface area contributed by atoms with Crippen LogP contribution in [-0.4, -0.2) is 32.4 Å². The van der Waals surface area contributed by atoms with Gasteiger partial charge in [-0.3, -0.25) is 4.72 Å². The molecular formula is C12H16Br3N3O2S. The van der Waals surface area contributed by atoms with Crippen molar-refractivity contribution in [3.8, 4) is 0 Å². The summed E-state index contributed by atoms with van der Waals surface area (Å²) in [7, 11) is -3.56. The van der Waals surface area contributed by atoms with Gasteiger partial charge in [-0.15, -0.1) is 0 Å². The Morgan fingerprint density at radius 2 is 1.71 bits per heavy atom. The number of halogens is 3. The number of nitrogens with two attached hydrogens (primary N) is 1. The van der Waals surface area contributed by atoms with Crippen molar-refractivity contribution in [2.45, 2.75) is 12.8 Å². The number of piperidine rings is 1. The van der Waals surface area contributed by atoms with E-state index in [1.165, 1.54) is 4.31 Å². The van der Waals surface area contributed by atoms with Crippen molar-refractivity contribution in [2.24, 2.45) is 11.7 Å². The standard InChI is InChI=1S/C12H16Br3N3O2S/c13-9-5-10(14)12(11(15)6-9)17-21(19,20)18-3-1-8(7-16)2-4-18/h5-6,8,17H,1-4,7,16H2. The largest absolute Gasteiger partial charge is 0.330 e. The van der Waals surface area contributed by atoms with Crippen molar-refractivity contribution in [3.05, 3.63) is 25.6 Å². The van der Waals surface area contributed by atoms with Gasteiger partial charge in [-0.05, 0) is 69.3 Å². The van der Waals surface area contributed by atoms with Crippen LogP contribution in [0.25, 0.3) is 0 Å². The molecule has 5 nitrogen and oxygen atoms in total. The highest BCUT2D eigenvalue weighted by Crippen LogP contribution is 2.35. The van der Waals surface area contributed by atoms with Crippen LogP contribution in [0.3, 0.4) is 0 Å². The molecule has 2 rings (SSSR count). The zero-order valence-electron chi connectivity index (χ0n) is 11.2. The zero-order valence-corrected chi connectivity index (χ0v) is 16.7. The molecule has 1 aliphatic rings. The Bertz CT molecular complexity index is 593. The monoisotopic (exact) mass is 503 g/mol. The van der Waals surface area contributed by atoms with E-state index in [1.807, 2.05) is 0 Å². The van der Waals surface area contributed by atoms with Crippen LogP contribution in [0.4, 0.5) is 5.69 Å². The molecule has 0 bridgehead atoms. The second kappa shape index (κ2) is 7.27. The molecule has 0 spiro atoms. The number of benzene rings is 1. The lowest BCUT2D eigenvalue weighted by Crippen LogP contribution is -2.42. The molecular weight excluding hydrogens is 490 g/mol. The van der Waals surface area contributed by atoms with E-state index in [0.29, 0.717) is 40.2 Å². The summed E-state index contributed by atoms with van der Waals surface area (Å²) in [5.74, 6) is 0.419. The second-order valence-corrected chi connectivity index (χ2v) is 9.22. The van der Waals surface area contributed by atoms with E-state index in [4.69, 9.17) is 5.73 Å². The predicted octanol–water partition coefficient (Wildman–Crippen LogP) is 3.30. The van der Waals surface area contributed by atoms with E-state index in [9.17, 15) is 8.42 Å². The predicted molar refractivity (Wildman–Crippen MR) is 95.4 cm³/mol. The van der Waals surface area contributed by atoms with E-state index >= 15 is 0 Å². The highest BCUT2D eigenvalue weighted by Gasteiger charge is 2.28. The lowest BCUT2D eigenvalue weighted by molar-refractivity contribution is 0.280. The average Bonchev–Trinajstić information content (AvgIpc) is 2.43. The minimum absolute atomic E-state index is 0.419. The molecule has 0 amide bonds. The van der Waals surface area contributed by atoms with E-state index in [-0.39, 0.29) is 0 Å². The minimum Gasteiger partial charge on any atom is -0.330 e. The van der Waals surface area contributed by atoms with Gasteiger partial charge in [-0.25, -0.2) is 0 Å². The van der Waals surface area contributed by atoms with E-state index in [1.54, 1.807) is 12.1 Å². The summed E-state index contributed by atoms with van der Waals surface area (Å²) < 4.78 is 31.2. The van der Waals surface area contributed by atoms with Crippen LogP contribution in [0.5, 0.6) is 0 Å². The minimum atomic E-state index is -3.56. The Morgan fingerprint density at radius 3 is 2.19 bits per heavy atom. The number of hydrogen-bond acceptors (Lipinski definition) is 3. The summed E-state index contributed by atoms with van der Waals surface area (Å²) in [6.45, 7) is 1.62. The summed E-state index contributed by atoms with van der Waals surface area (Å²) in [5.41, 5.74) is 6.13. The fraction of sp³-hybridized carbons (Fsp3) is 0.500. The summed E-state index contributed by atoms with van der Waals surface area (Å²) in [6.07, 6.45) is 1.61. The summed E-state index contributed by atoms with van der Waals surface area (Å²) in [6, 6.07) is 3.59. The number of nitrogens with zero attached hydrogens (tertiary/aromatic N) is 1. The fourth-order valence-corrected chi connectivity index (χ4v) is 6.24. The molecule has 1 aromatic rings. The van der Waals surface area contributed by atoms with Crippen molar-refractivity contribution in [2.75, 3.05) is 24.4 Å². The third-order valence-electron chi connectivity index (χ3n) is 3.48. The van der Waals surface area contributed by atoms with E-state index in [2.05, 4.69) is 52.5 Å². The maximum Gasteiger partial charge on any atom is 0.301 e. The van der Waals surface area contributed by atoms with Crippen LogP contribution in [0.2, 0.25) is 0 Å². The summed E-state index contributed by atoms with van der Waals surface area (Å²) >= 11 is 10.1. The lowest BCUT2D eigenvalue weighted by atomic mass is 9.99. The first-order valence-corrected chi connectivity index (χ1v) is 10.3. The third kappa shape index (κ3) is 4.42. The Labute approximate surface area is 150 Å². The van der Waals surface area contributed by atoms with Gasteiger partial charge in [-0.1, -0.05) is 15.9 Å². The highest BCUT2D eigenvalue weighted by atomic mass is 79.9. The first-order chi connectivity index (χ1) is 9.83. The molecule has 1 aromatic carbocycles. The van der Waals surface area contributed by atoms with Crippen LogP contribution in [0.1, 0.15) is 12.8 Å². The van der Waals surface area contributed by atoms with Crippen LogP contribution in [0.15, 0.2) is 25.6 Å². The van der Waals surface area contributed by atoms with Crippen molar-refractivity contribution in [1.29, 1.82) is 0 Å². The van der Waals surface area contributed by atoms with Gasteiger partial charge in [0.1, 0.15) is 0 Å². The number of nitrogens with one attached hydrogen (secondary N) is 1. The molecule has 21 heavy (non-hydrogen) atoms. The maximum atomic E-state index is 12.5. The van der Waals surface area contributed by atoms with Gasteiger partial charge in [0, 0.05) is 26.5 Å². The van der Waals surface area contributed by atoms with Gasteiger partial charge in [0.2, 0.25) is 0 Å². The molecule has 0 aromatic heterocycles.